The minimum absolute atomic E-state index is 0.119. The zero-order valence-corrected chi connectivity index (χ0v) is 13.6. The molecule has 1 heterocycles. The predicted molar refractivity (Wildman–Crippen MR) is 81.7 cm³/mol. The highest BCUT2D eigenvalue weighted by molar-refractivity contribution is 5.09. The first-order valence-electron chi connectivity index (χ1n) is 7.88. The van der Waals surface area contributed by atoms with Crippen LogP contribution < -0.4 is 5.32 Å². The van der Waals surface area contributed by atoms with E-state index in [-0.39, 0.29) is 11.6 Å². The van der Waals surface area contributed by atoms with Gasteiger partial charge in [-0.15, -0.1) is 5.10 Å². The first kappa shape index (κ1) is 17.1. The van der Waals surface area contributed by atoms with E-state index in [1.807, 2.05) is 17.8 Å². The molecule has 2 atom stereocenters. The second-order valence-corrected chi connectivity index (χ2v) is 5.37. The van der Waals surface area contributed by atoms with Crippen LogP contribution in [0, 0.1) is 0 Å². The Morgan fingerprint density at radius 2 is 2.05 bits per heavy atom. The van der Waals surface area contributed by atoms with Crippen molar-refractivity contribution in [3.05, 3.63) is 11.9 Å². The maximum absolute atomic E-state index is 6.06. The number of ether oxygens (including phenoxy) is 1. The zero-order chi connectivity index (χ0) is 15.0. The molecule has 0 fully saturated rings. The molecule has 0 aliphatic rings. The molecule has 0 saturated heterocycles. The van der Waals surface area contributed by atoms with Gasteiger partial charge in [-0.2, -0.15) is 0 Å². The normalized spacial score (nSPS) is 16.1. The van der Waals surface area contributed by atoms with Crippen LogP contribution >= 0.6 is 0 Å². The third kappa shape index (κ3) is 4.03. The molecule has 116 valence electrons. The van der Waals surface area contributed by atoms with Crippen LogP contribution in [0.2, 0.25) is 0 Å². The van der Waals surface area contributed by atoms with E-state index in [0.29, 0.717) is 6.61 Å². The van der Waals surface area contributed by atoms with Crippen LogP contribution in [0.25, 0.3) is 0 Å². The highest BCUT2D eigenvalue weighted by Crippen LogP contribution is 2.32. The quantitative estimate of drug-likeness (QED) is 0.717. The Labute approximate surface area is 123 Å². The summed E-state index contributed by atoms with van der Waals surface area (Å²) >= 11 is 0. The van der Waals surface area contributed by atoms with Crippen LogP contribution in [-0.4, -0.2) is 33.7 Å². The van der Waals surface area contributed by atoms with E-state index in [9.17, 15) is 0 Å². The first-order valence-corrected chi connectivity index (χ1v) is 7.88. The second-order valence-electron chi connectivity index (χ2n) is 5.37. The fraction of sp³-hybridized carbons (Fsp3) is 0.867. The lowest BCUT2D eigenvalue weighted by atomic mass is 9.90. The Bertz CT molecular complexity index is 380. The van der Waals surface area contributed by atoms with Crippen molar-refractivity contribution < 1.29 is 4.74 Å². The molecule has 0 aliphatic carbocycles. The van der Waals surface area contributed by atoms with Crippen molar-refractivity contribution in [3.8, 4) is 0 Å². The lowest BCUT2D eigenvalue weighted by Crippen LogP contribution is -2.45. The van der Waals surface area contributed by atoms with Crippen molar-refractivity contribution in [1.82, 2.24) is 20.3 Å². The summed E-state index contributed by atoms with van der Waals surface area (Å²) in [5.41, 5.74) is 0.884. The van der Waals surface area contributed by atoms with Gasteiger partial charge in [-0.25, -0.2) is 4.68 Å². The summed E-state index contributed by atoms with van der Waals surface area (Å²) in [6, 6.07) is 0.119. The Morgan fingerprint density at radius 1 is 1.30 bits per heavy atom. The van der Waals surface area contributed by atoms with Gasteiger partial charge >= 0.3 is 0 Å². The van der Waals surface area contributed by atoms with E-state index >= 15 is 0 Å². The van der Waals surface area contributed by atoms with Crippen molar-refractivity contribution >= 4 is 0 Å². The topological polar surface area (TPSA) is 52.0 Å². The molecule has 0 aromatic carbocycles. The van der Waals surface area contributed by atoms with Crippen molar-refractivity contribution in [2.24, 2.45) is 0 Å². The number of nitrogens with zero attached hydrogens (tertiary/aromatic N) is 3. The molecule has 5 heteroatoms. The van der Waals surface area contributed by atoms with Crippen molar-refractivity contribution in [1.29, 1.82) is 0 Å². The lowest BCUT2D eigenvalue weighted by Gasteiger charge is -2.37. The molecular weight excluding hydrogens is 252 g/mol. The number of rotatable bonds is 10. The molecule has 1 aromatic rings. The highest BCUT2D eigenvalue weighted by atomic mass is 16.5. The molecule has 0 spiro atoms. The molecule has 2 unspecified atom stereocenters. The summed E-state index contributed by atoms with van der Waals surface area (Å²) in [6.07, 6.45) is 4.96. The minimum atomic E-state index is -0.239. The summed E-state index contributed by atoms with van der Waals surface area (Å²) in [5.74, 6) is 0. The van der Waals surface area contributed by atoms with Crippen LogP contribution in [0.4, 0.5) is 0 Å². The van der Waals surface area contributed by atoms with Gasteiger partial charge in [-0.05, 0) is 39.7 Å². The van der Waals surface area contributed by atoms with Crippen LogP contribution in [0.5, 0.6) is 0 Å². The third-order valence-electron chi connectivity index (χ3n) is 3.76. The summed E-state index contributed by atoms with van der Waals surface area (Å²) in [5, 5.41) is 11.9. The van der Waals surface area contributed by atoms with E-state index in [2.05, 4.69) is 43.3 Å². The number of aryl methyl sites for hydroxylation is 1. The van der Waals surface area contributed by atoms with E-state index in [4.69, 9.17) is 4.74 Å². The maximum Gasteiger partial charge on any atom is 0.0861 e. The van der Waals surface area contributed by atoms with Crippen LogP contribution in [0.15, 0.2) is 6.20 Å². The van der Waals surface area contributed by atoms with Gasteiger partial charge in [0.1, 0.15) is 0 Å². The summed E-state index contributed by atoms with van der Waals surface area (Å²) in [4.78, 5) is 0. The molecule has 1 N–H and O–H groups in total. The van der Waals surface area contributed by atoms with Gasteiger partial charge in [0.05, 0.1) is 23.5 Å². The standard InChI is InChI=1S/C15H30N4O/c1-6-10-16-14(15(5,8-3)20-9-4)13-12-17-18-19(13)11-7-2/h12,14,16H,6-11H2,1-5H3. The molecule has 1 rings (SSSR count). The van der Waals surface area contributed by atoms with Gasteiger partial charge in [0.25, 0.3) is 0 Å². The average Bonchev–Trinajstić information content (AvgIpc) is 2.88. The first-order chi connectivity index (χ1) is 9.62. The van der Waals surface area contributed by atoms with E-state index < -0.39 is 0 Å². The van der Waals surface area contributed by atoms with Gasteiger partial charge in [-0.3, -0.25) is 0 Å². The zero-order valence-electron chi connectivity index (χ0n) is 13.6. The number of hydrogen-bond donors (Lipinski definition) is 1. The molecule has 0 radical (unpaired) electrons. The largest absolute Gasteiger partial charge is 0.374 e. The SMILES string of the molecule is CCCNC(c1cnnn1CCC)C(C)(CC)OCC. The van der Waals surface area contributed by atoms with E-state index in [1.54, 1.807) is 0 Å². The Balaban J connectivity index is 3.06. The van der Waals surface area contributed by atoms with Gasteiger partial charge in [0.15, 0.2) is 0 Å². The Morgan fingerprint density at radius 3 is 2.60 bits per heavy atom. The maximum atomic E-state index is 6.06. The molecular formula is C15H30N4O. The molecule has 5 nitrogen and oxygen atoms in total. The van der Waals surface area contributed by atoms with Crippen molar-refractivity contribution in [3.63, 3.8) is 0 Å². The monoisotopic (exact) mass is 282 g/mol. The van der Waals surface area contributed by atoms with Crippen molar-refractivity contribution in [2.45, 2.75) is 72.1 Å². The summed E-state index contributed by atoms with van der Waals surface area (Å²) in [7, 11) is 0. The number of nitrogens with one attached hydrogen (secondary N) is 1. The highest BCUT2D eigenvalue weighted by Gasteiger charge is 2.36. The van der Waals surface area contributed by atoms with Crippen molar-refractivity contribution in [2.75, 3.05) is 13.2 Å². The molecule has 1 aromatic heterocycles. The summed E-state index contributed by atoms with van der Waals surface area (Å²) in [6.45, 7) is 13.3. The predicted octanol–water partition coefficient (Wildman–Crippen LogP) is 2.93. The van der Waals surface area contributed by atoms with Crippen LogP contribution in [0.3, 0.4) is 0 Å². The Hall–Kier alpha value is -0.940. The van der Waals surface area contributed by atoms with E-state index in [1.165, 1.54) is 0 Å². The van der Waals surface area contributed by atoms with Crippen LogP contribution in [0.1, 0.15) is 65.6 Å². The van der Waals surface area contributed by atoms with Crippen LogP contribution in [-0.2, 0) is 11.3 Å². The smallest absolute Gasteiger partial charge is 0.0861 e. The fourth-order valence-corrected chi connectivity index (χ4v) is 2.52. The number of hydrogen-bond acceptors (Lipinski definition) is 4. The molecule has 0 saturated carbocycles. The fourth-order valence-electron chi connectivity index (χ4n) is 2.52. The molecule has 0 aliphatic heterocycles. The van der Waals surface area contributed by atoms with Gasteiger partial charge in [0, 0.05) is 13.2 Å². The van der Waals surface area contributed by atoms with Gasteiger partial charge < -0.3 is 10.1 Å². The number of aromatic nitrogens is 3. The molecule has 0 bridgehead atoms. The lowest BCUT2D eigenvalue weighted by molar-refractivity contribution is -0.0582. The van der Waals surface area contributed by atoms with Gasteiger partial charge in [-0.1, -0.05) is 26.0 Å². The molecule has 20 heavy (non-hydrogen) atoms. The third-order valence-corrected chi connectivity index (χ3v) is 3.76. The molecule has 0 amide bonds. The second kappa shape index (κ2) is 8.37. The average molecular weight is 282 g/mol. The minimum Gasteiger partial charge on any atom is -0.374 e. The Kier molecular flexibility index (Phi) is 7.16. The van der Waals surface area contributed by atoms with Gasteiger partial charge in [0.2, 0.25) is 0 Å². The van der Waals surface area contributed by atoms with E-state index in [0.717, 1.165) is 38.0 Å². The summed E-state index contributed by atoms with van der Waals surface area (Å²) < 4.78 is 8.06.